The molecule has 0 saturated heterocycles. The van der Waals surface area contributed by atoms with Gasteiger partial charge in [0.05, 0.1) is 13.0 Å². The molecular weight excluding hydrogens is 228 g/mol. The molecule has 88 valence electrons. The highest BCUT2D eigenvalue weighted by Gasteiger charge is 2.09. The van der Waals surface area contributed by atoms with Crippen LogP contribution in [-0.2, 0) is 0 Å². The number of rotatable bonds is 6. The largest absolute Gasteiger partial charge is 0.493 e. The van der Waals surface area contributed by atoms with Crippen LogP contribution in [0.15, 0.2) is 18.2 Å². The molecule has 0 bridgehead atoms. The molecule has 4 heteroatoms. The summed E-state index contributed by atoms with van der Waals surface area (Å²) in [6, 6.07) is 5.15. The molecule has 0 unspecified atom stereocenters. The molecule has 0 aliphatic rings. The van der Waals surface area contributed by atoms with E-state index in [1.54, 1.807) is 25.3 Å². The Morgan fingerprint density at radius 1 is 1.38 bits per heavy atom. The van der Waals surface area contributed by atoms with Gasteiger partial charge in [0.1, 0.15) is 6.61 Å². The van der Waals surface area contributed by atoms with Crippen LogP contribution < -0.4 is 9.47 Å². The summed E-state index contributed by atoms with van der Waals surface area (Å²) in [5.41, 5.74) is 0.637. The van der Waals surface area contributed by atoms with E-state index in [2.05, 4.69) is 0 Å². The maximum atomic E-state index is 11.5. The van der Waals surface area contributed by atoms with Gasteiger partial charge in [-0.1, -0.05) is 6.92 Å². The highest BCUT2D eigenvalue weighted by atomic mass is 35.5. The van der Waals surface area contributed by atoms with Crippen LogP contribution in [0.2, 0.25) is 0 Å². The van der Waals surface area contributed by atoms with Gasteiger partial charge < -0.3 is 9.47 Å². The lowest BCUT2D eigenvalue weighted by Crippen LogP contribution is -2.02. The van der Waals surface area contributed by atoms with E-state index < -0.39 is 0 Å². The second kappa shape index (κ2) is 6.38. The number of alkyl halides is 1. The van der Waals surface area contributed by atoms with Gasteiger partial charge in [0, 0.05) is 12.0 Å². The van der Waals surface area contributed by atoms with Gasteiger partial charge in [-0.05, 0) is 18.2 Å². The number of carbonyl (C=O) groups is 1. The smallest absolute Gasteiger partial charge is 0.162 e. The van der Waals surface area contributed by atoms with E-state index in [0.717, 1.165) is 0 Å². The molecule has 0 spiro atoms. The van der Waals surface area contributed by atoms with Crippen molar-refractivity contribution in [1.82, 2.24) is 0 Å². The average molecular weight is 243 g/mol. The molecule has 0 aliphatic carbocycles. The maximum absolute atomic E-state index is 11.5. The Morgan fingerprint density at radius 3 is 2.69 bits per heavy atom. The van der Waals surface area contributed by atoms with Crippen molar-refractivity contribution in [2.45, 2.75) is 13.3 Å². The molecule has 0 radical (unpaired) electrons. The molecule has 0 heterocycles. The minimum absolute atomic E-state index is 0.0854. The number of ether oxygens (including phenoxy) is 2. The number of benzene rings is 1. The van der Waals surface area contributed by atoms with E-state index in [9.17, 15) is 4.79 Å². The van der Waals surface area contributed by atoms with Crippen molar-refractivity contribution < 1.29 is 14.3 Å². The van der Waals surface area contributed by atoms with Gasteiger partial charge in [-0.2, -0.15) is 0 Å². The summed E-state index contributed by atoms with van der Waals surface area (Å²) in [6.07, 6.45) is 0.477. The second-order valence-corrected chi connectivity index (χ2v) is 3.56. The summed E-state index contributed by atoms with van der Waals surface area (Å²) < 4.78 is 10.5. The number of Topliss-reactive ketones (excluding diaryl/α,β-unsaturated/α-hetero) is 1. The first-order valence-electron chi connectivity index (χ1n) is 5.13. The van der Waals surface area contributed by atoms with Gasteiger partial charge in [0.25, 0.3) is 0 Å². The van der Waals surface area contributed by atoms with Gasteiger partial charge in [-0.15, -0.1) is 11.6 Å². The van der Waals surface area contributed by atoms with Gasteiger partial charge in [-0.25, -0.2) is 0 Å². The highest BCUT2D eigenvalue weighted by Crippen LogP contribution is 2.28. The molecular formula is C12H15ClO3. The molecule has 0 atom stereocenters. The molecule has 0 saturated carbocycles. The first-order chi connectivity index (χ1) is 7.72. The summed E-state index contributed by atoms with van der Waals surface area (Å²) in [5.74, 6) is 1.67. The van der Waals surface area contributed by atoms with Crippen LogP contribution in [0, 0.1) is 0 Å². The first-order valence-corrected chi connectivity index (χ1v) is 5.66. The third-order valence-electron chi connectivity index (χ3n) is 2.14. The summed E-state index contributed by atoms with van der Waals surface area (Å²) in [5, 5.41) is 0. The Kier molecular flexibility index (Phi) is 5.12. The van der Waals surface area contributed by atoms with Crippen molar-refractivity contribution >= 4 is 17.4 Å². The molecule has 1 aromatic rings. The fraction of sp³-hybridized carbons (Fsp3) is 0.417. The average Bonchev–Trinajstić information content (AvgIpc) is 2.35. The Labute approximate surface area is 100 Å². The number of halogens is 1. The fourth-order valence-electron chi connectivity index (χ4n) is 1.31. The molecule has 16 heavy (non-hydrogen) atoms. The lowest BCUT2D eigenvalue weighted by molar-refractivity contribution is 0.0988. The van der Waals surface area contributed by atoms with Crippen LogP contribution in [0.4, 0.5) is 0 Å². The quantitative estimate of drug-likeness (QED) is 0.568. The predicted octanol–water partition coefficient (Wildman–Crippen LogP) is 2.91. The molecule has 1 rings (SSSR count). The third kappa shape index (κ3) is 3.14. The number of ketones is 1. The number of hydrogen-bond donors (Lipinski definition) is 0. The Bertz CT molecular complexity index is 363. The Morgan fingerprint density at radius 2 is 2.12 bits per heavy atom. The molecule has 0 aromatic heterocycles. The highest BCUT2D eigenvalue weighted by molar-refractivity contribution is 6.18. The van der Waals surface area contributed by atoms with Crippen LogP contribution in [0.5, 0.6) is 11.5 Å². The zero-order chi connectivity index (χ0) is 12.0. The second-order valence-electron chi connectivity index (χ2n) is 3.18. The molecule has 1 aromatic carbocycles. The van der Waals surface area contributed by atoms with Crippen molar-refractivity contribution in [3.8, 4) is 11.5 Å². The van der Waals surface area contributed by atoms with Gasteiger partial charge in [0.2, 0.25) is 0 Å². The first kappa shape index (κ1) is 12.8. The van der Waals surface area contributed by atoms with Crippen LogP contribution in [0.25, 0.3) is 0 Å². The predicted molar refractivity (Wildman–Crippen MR) is 63.8 cm³/mol. The van der Waals surface area contributed by atoms with E-state index in [1.165, 1.54) is 0 Å². The number of carbonyl (C=O) groups excluding carboxylic acids is 1. The summed E-state index contributed by atoms with van der Waals surface area (Å²) in [4.78, 5) is 11.5. The molecule has 0 amide bonds. The van der Waals surface area contributed by atoms with Crippen molar-refractivity contribution in [3.63, 3.8) is 0 Å². The number of hydrogen-bond acceptors (Lipinski definition) is 3. The minimum Gasteiger partial charge on any atom is -0.493 e. The van der Waals surface area contributed by atoms with Crippen LogP contribution in [0.1, 0.15) is 23.7 Å². The Hall–Kier alpha value is -1.22. The normalized spacial score (nSPS) is 9.94. The lowest BCUT2D eigenvalue weighted by atomic mass is 10.1. The molecule has 0 fully saturated rings. The standard InChI is InChI=1S/C12H15ClO3/c1-3-10(14)9-4-5-11(16-7-6-13)12(8-9)15-2/h4-5,8H,3,6-7H2,1-2H3. The van der Waals surface area contributed by atoms with Gasteiger partial charge in [-0.3, -0.25) is 4.79 Å². The SMILES string of the molecule is CCC(=O)c1ccc(OCCCl)c(OC)c1. The lowest BCUT2D eigenvalue weighted by Gasteiger charge is -2.10. The third-order valence-corrected chi connectivity index (χ3v) is 2.30. The number of methoxy groups -OCH3 is 1. The van der Waals surface area contributed by atoms with Crippen LogP contribution in [0.3, 0.4) is 0 Å². The van der Waals surface area contributed by atoms with E-state index in [0.29, 0.717) is 36.0 Å². The van der Waals surface area contributed by atoms with Crippen molar-refractivity contribution in [2.24, 2.45) is 0 Å². The van der Waals surface area contributed by atoms with Crippen molar-refractivity contribution in [3.05, 3.63) is 23.8 Å². The van der Waals surface area contributed by atoms with E-state index in [4.69, 9.17) is 21.1 Å². The minimum atomic E-state index is 0.0854. The molecule has 3 nitrogen and oxygen atoms in total. The van der Waals surface area contributed by atoms with Gasteiger partial charge in [0.15, 0.2) is 17.3 Å². The van der Waals surface area contributed by atoms with Crippen LogP contribution >= 0.6 is 11.6 Å². The summed E-state index contributed by atoms with van der Waals surface area (Å²) >= 11 is 5.53. The van der Waals surface area contributed by atoms with Crippen molar-refractivity contribution in [1.29, 1.82) is 0 Å². The van der Waals surface area contributed by atoms with E-state index in [-0.39, 0.29) is 5.78 Å². The topological polar surface area (TPSA) is 35.5 Å². The van der Waals surface area contributed by atoms with Gasteiger partial charge >= 0.3 is 0 Å². The summed E-state index contributed by atoms with van der Waals surface area (Å²) in [7, 11) is 1.54. The summed E-state index contributed by atoms with van der Waals surface area (Å²) in [6.45, 7) is 2.24. The monoisotopic (exact) mass is 242 g/mol. The van der Waals surface area contributed by atoms with Crippen LogP contribution in [-0.4, -0.2) is 25.4 Å². The Balaban J connectivity index is 2.92. The molecule has 0 aliphatic heterocycles. The maximum Gasteiger partial charge on any atom is 0.162 e. The zero-order valence-electron chi connectivity index (χ0n) is 9.46. The fourth-order valence-corrected chi connectivity index (χ4v) is 1.39. The zero-order valence-corrected chi connectivity index (χ0v) is 10.2. The van der Waals surface area contributed by atoms with E-state index >= 15 is 0 Å². The molecule has 0 N–H and O–H groups in total. The van der Waals surface area contributed by atoms with E-state index in [1.807, 2.05) is 6.92 Å². The van der Waals surface area contributed by atoms with Crippen molar-refractivity contribution in [2.75, 3.05) is 19.6 Å².